The Morgan fingerprint density at radius 2 is 1.60 bits per heavy atom. The molecule has 0 saturated heterocycles. The van der Waals surface area contributed by atoms with Crippen LogP contribution >= 0.6 is 23.2 Å². The molecule has 4 heteroatoms. The highest BCUT2D eigenvalue weighted by molar-refractivity contribution is 6.36. The van der Waals surface area contributed by atoms with Crippen LogP contribution in [0.4, 0.5) is 0 Å². The molecule has 0 radical (unpaired) electrons. The molecule has 0 aliphatic heterocycles. The van der Waals surface area contributed by atoms with Crippen molar-refractivity contribution in [2.75, 3.05) is 0 Å². The lowest BCUT2D eigenvalue weighted by Crippen LogP contribution is -2.28. The van der Waals surface area contributed by atoms with Gasteiger partial charge >= 0.3 is 0 Å². The SMILES string of the molecule is NNC(CCCc1ccccc1)c1c(Cl)cccc1Cl. The minimum Gasteiger partial charge on any atom is -0.271 e. The second-order valence-electron chi connectivity index (χ2n) is 4.73. The molecule has 0 aromatic heterocycles. The Labute approximate surface area is 129 Å². The summed E-state index contributed by atoms with van der Waals surface area (Å²) in [6.07, 6.45) is 2.91. The molecular weight excluding hydrogens is 291 g/mol. The van der Waals surface area contributed by atoms with E-state index in [0.29, 0.717) is 10.0 Å². The van der Waals surface area contributed by atoms with E-state index in [4.69, 9.17) is 29.0 Å². The van der Waals surface area contributed by atoms with Gasteiger partial charge in [-0.3, -0.25) is 11.3 Å². The van der Waals surface area contributed by atoms with E-state index in [2.05, 4.69) is 29.7 Å². The number of hydrogen-bond acceptors (Lipinski definition) is 2. The molecule has 2 aromatic carbocycles. The Balaban J connectivity index is 1.99. The van der Waals surface area contributed by atoms with Gasteiger partial charge in [-0.25, -0.2) is 0 Å². The van der Waals surface area contributed by atoms with Crippen molar-refractivity contribution in [1.29, 1.82) is 0 Å². The summed E-state index contributed by atoms with van der Waals surface area (Å²) in [6.45, 7) is 0. The van der Waals surface area contributed by atoms with Crippen LogP contribution in [0.25, 0.3) is 0 Å². The minimum absolute atomic E-state index is 0.0279. The van der Waals surface area contributed by atoms with Gasteiger partial charge in [0, 0.05) is 21.7 Å². The fraction of sp³-hybridized carbons (Fsp3) is 0.250. The Morgan fingerprint density at radius 3 is 2.20 bits per heavy atom. The first-order valence-corrected chi connectivity index (χ1v) is 7.42. The van der Waals surface area contributed by atoms with Crippen molar-refractivity contribution in [1.82, 2.24) is 5.43 Å². The molecule has 3 N–H and O–H groups in total. The average Bonchev–Trinajstić information content (AvgIpc) is 2.46. The highest BCUT2D eigenvalue weighted by Gasteiger charge is 2.16. The van der Waals surface area contributed by atoms with Gasteiger partial charge in [-0.05, 0) is 37.0 Å². The highest BCUT2D eigenvalue weighted by Crippen LogP contribution is 2.32. The molecule has 0 heterocycles. The van der Waals surface area contributed by atoms with Crippen LogP contribution in [-0.2, 0) is 6.42 Å². The fourth-order valence-electron chi connectivity index (χ4n) is 2.31. The number of nitrogens with two attached hydrogens (primary N) is 1. The van der Waals surface area contributed by atoms with Crippen LogP contribution < -0.4 is 11.3 Å². The van der Waals surface area contributed by atoms with Crippen LogP contribution in [-0.4, -0.2) is 0 Å². The molecule has 1 unspecified atom stereocenters. The fourth-order valence-corrected chi connectivity index (χ4v) is 2.97. The number of benzene rings is 2. The van der Waals surface area contributed by atoms with E-state index in [-0.39, 0.29) is 6.04 Å². The quantitative estimate of drug-likeness (QED) is 0.608. The third-order valence-corrected chi connectivity index (χ3v) is 4.01. The summed E-state index contributed by atoms with van der Waals surface area (Å²) in [7, 11) is 0. The number of aryl methyl sites for hydroxylation is 1. The molecular formula is C16H18Cl2N2. The van der Waals surface area contributed by atoms with Gasteiger partial charge in [-0.15, -0.1) is 0 Å². The molecule has 0 aliphatic rings. The lowest BCUT2D eigenvalue weighted by atomic mass is 9.99. The van der Waals surface area contributed by atoms with Crippen molar-refractivity contribution in [3.8, 4) is 0 Å². The molecule has 0 spiro atoms. The van der Waals surface area contributed by atoms with Gasteiger partial charge in [0.15, 0.2) is 0 Å². The average molecular weight is 309 g/mol. The first kappa shape index (κ1) is 15.3. The Kier molecular flexibility index (Phi) is 5.86. The third kappa shape index (κ3) is 3.97. The first-order chi connectivity index (χ1) is 9.72. The maximum atomic E-state index is 6.22. The molecule has 0 fully saturated rings. The normalized spacial score (nSPS) is 12.3. The van der Waals surface area contributed by atoms with Crippen molar-refractivity contribution in [2.45, 2.75) is 25.3 Å². The molecule has 20 heavy (non-hydrogen) atoms. The summed E-state index contributed by atoms with van der Waals surface area (Å²) in [5, 5.41) is 1.31. The van der Waals surface area contributed by atoms with Crippen molar-refractivity contribution < 1.29 is 0 Å². The smallest absolute Gasteiger partial charge is 0.0489 e. The Morgan fingerprint density at radius 1 is 0.950 bits per heavy atom. The zero-order valence-electron chi connectivity index (χ0n) is 11.2. The maximum absolute atomic E-state index is 6.22. The van der Waals surface area contributed by atoms with E-state index in [9.17, 15) is 0 Å². The number of hydrogen-bond donors (Lipinski definition) is 2. The molecule has 2 nitrogen and oxygen atoms in total. The Hall–Kier alpha value is -1.06. The topological polar surface area (TPSA) is 38.0 Å². The molecule has 0 aliphatic carbocycles. The first-order valence-electron chi connectivity index (χ1n) is 6.66. The monoisotopic (exact) mass is 308 g/mol. The highest BCUT2D eigenvalue weighted by atomic mass is 35.5. The zero-order chi connectivity index (χ0) is 14.4. The van der Waals surface area contributed by atoms with Crippen LogP contribution in [0.3, 0.4) is 0 Å². The summed E-state index contributed by atoms with van der Waals surface area (Å²) in [4.78, 5) is 0. The number of halogens is 2. The van der Waals surface area contributed by atoms with E-state index >= 15 is 0 Å². The van der Waals surface area contributed by atoms with Gasteiger partial charge < -0.3 is 0 Å². The predicted molar refractivity (Wildman–Crippen MR) is 85.9 cm³/mol. The van der Waals surface area contributed by atoms with E-state index in [1.54, 1.807) is 0 Å². The van der Waals surface area contributed by atoms with Gasteiger partial charge in [0.2, 0.25) is 0 Å². The lowest BCUT2D eigenvalue weighted by molar-refractivity contribution is 0.499. The largest absolute Gasteiger partial charge is 0.271 e. The molecule has 0 saturated carbocycles. The molecule has 2 aromatic rings. The van der Waals surface area contributed by atoms with Crippen LogP contribution in [0.2, 0.25) is 10.0 Å². The standard InChI is InChI=1S/C16H18Cl2N2/c17-13-9-5-10-14(18)16(13)15(20-19)11-4-8-12-6-2-1-3-7-12/h1-3,5-7,9-10,15,20H,4,8,11,19H2. The van der Waals surface area contributed by atoms with Crippen LogP contribution in [0.1, 0.15) is 30.0 Å². The second-order valence-corrected chi connectivity index (χ2v) is 5.55. The second kappa shape index (κ2) is 7.65. The van der Waals surface area contributed by atoms with Crippen molar-refractivity contribution >= 4 is 23.2 Å². The molecule has 0 bridgehead atoms. The number of rotatable bonds is 6. The van der Waals surface area contributed by atoms with Crippen LogP contribution in [0.5, 0.6) is 0 Å². The van der Waals surface area contributed by atoms with Crippen molar-refractivity contribution in [2.24, 2.45) is 5.84 Å². The number of nitrogens with one attached hydrogen (secondary N) is 1. The number of hydrazine groups is 1. The zero-order valence-corrected chi connectivity index (χ0v) is 12.7. The summed E-state index contributed by atoms with van der Waals surface area (Å²) in [5.41, 5.74) is 5.03. The van der Waals surface area contributed by atoms with Gasteiger partial charge in [0.25, 0.3) is 0 Å². The van der Waals surface area contributed by atoms with E-state index in [1.165, 1.54) is 5.56 Å². The van der Waals surface area contributed by atoms with Gasteiger partial charge in [-0.2, -0.15) is 0 Å². The van der Waals surface area contributed by atoms with E-state index in [1.807, 2.05) is 24.3 Å². The summed E-state index contributed by atoms with van der Waals surface area (Å²) in [5.74, 6) is 5.65. The lowest BCUT2D eigenvalue weighted by Gasteiger charge is -2.19. The molecule has 1 atom stereocenters. The minimum atomic E-state index is -0.0279. The molecule has 106 valence electrons. The molecule has 0 amide bonds. The Bertz CT molecular complexity index is 523. The third-order valence-electron chi connectivity index (χ3n) is 3.35. The summed E-state index contributed by atoms with van der Waals surface area (Å²) < 4.78 is 0. The van der Waals surface area contributed by atoms with Crippen molar-refractivity contribution in [3.05, 3.63) is 69.7 Å². The summed E-state index contributed by atoms with van der Waals surface area (Å²) in [6, 6.07) is 15.9. The predicted octanol–water partition coefficient (Wildman–Crippen LogP) is 4.52. The summed E-state index contributed by atoms with van der Waals surface area (Å²) >= 11 is 12.4. The van der Waals surface area contributed by atoms with E-state index in [0.717, 1.165) is 24.8 Å². The van der Waals surface area contributed by atoms with Crippen molar-refractivity contribution in [3.63, 3.8) is 0 Å². The van der Waals surface area contributed by atoms with E-state index < -0.39 is 0 Å². The van der Waals surface area contributed by atoms with Gasteiger partial charge in [-0.1, -0.05) is 59.6 Å². The van der Waals surface area contributed by atoms with Gasteiger partial charge in [0.05, 0.1) is 0 Å². The van der Waals surface area contributed by atoms with Gasteiger partial charge in [0.1, 0.15) is 0 Å². The van der Waals surface area contributed by atoms with Crippen LogP contribution in [0.15, 0.2) is 48.5 Å². The van der Waals surface area contributed by atoms with Crippen LogP contribution in [0, 0.1) is 0 Å². The molecule has 2 rings (SSSR count). The maximum Gasteiger partial charge on any atom is 0.0489 e.